The number of fused-ring (bicyclic) bond motifs is 5. The van der Waals surface area contributed by atoms with Gasteiger partial charge in [0.1, 0.15) is 24.9 Å². The minimum absolute atomic E-state index is 0.107. The Hall–Kier alpha value is -1.15. The molecule has 4 saturated carbocycles. The molecule has 2 unspecified atom stereocenters. The summed E-state index contributed by atoms with van der Waals surface area (Å²) in [5.74, 6) is -1.43. The highest BCUT2D eigenvalue weighted by molar-refractivity contribution is 5.85. The summed E-state index contributed by atoms with van der Waals surface area (Å²) in [6.07, 6.45) is -4.67. The Bertz CT molecular complexity index is 1080. The van der Waals surface area contributed by atoms with Gasteiger partial charge in [-0.3, -0.25) is 0 Å². The summed E-state index contributed by atoms with van der Waals surface area (Å²) >= 11 is 0. The Kier molecular flexibility index (Phi) is 7.25. The molecule has 232 valence electrons. The number of aliphatic hydroxyl groups is 7. The van der Waals surface area contributed by atoms with E-state index >= 15 is 0 Å². The summed E-state index contributed by atoms with van der Waals surface area (Å²) in [5, 5.41) is 79.3. The van der Waals surface area contributed by atoms with Crippen molar-refractivity contribution in [3.8, 4) is 0 Å². The second-order valence-corrected chi connectivity index (χ2v) is 14.0. The molecular formula is C30H46O11. The Balaban J connectivity index is 1.28. The lowest BCUT2D eigenvalue weighted by atomic mass is 9.39. The minimum atomic E-state index is -1.50. The third kappa shape index (κ3) is 4.00. The molecule has 6 rings (SSSR count). The number of cyclic esters (lactones) is 1. The molecule has 0 spiro atoms. The predicted molar refractivity (Wildman–Crippen MR) is 142 cm³/mol. The molecular weight excluding hydrogens is 536 g/mol. The van der Waals surface area contributed by atoms with Gasteiger partial charge in [-0.25, -0.2) is 4.79 Å². The Morgan fingerprint density at radius 3 is 2.41 bits per heavy atom. The molecule has 11 nitrogen and oxygen atoms in total. The SMILES string of the molecule is CC[C@@]12C3C(CC[C@]1(O)C[C@@H](O[C@@H]1O[C@@H](C)[C@H](O)[C@@H](O)[C@H]1O)C[C@H]2O)[C@@]1(O)CC[C@H](C2=CC(=O)OC2)[C@@]1(C)C[C@H]3O. The van der Waals surface area contributed by atoms with Crippen molar-refractivity contribution in [3.63, 3.8) is 0 Å². The molecule has 0 aromatic carbocycles. The summed E-state index contributed by atoms with van der Waals surface area (Å²) in [4.78, 5) is 11.9. The number of esters is 1. The smallest absolute Gasteiger partial charge is 0.331 e. The average molecular weight is 583 g/mol. The van der Waals surface area contributed by atoms with Gasteiger partial charge in [-0.05, 0) is 62.9 Å². The second-order valence-electron chi connectivity index (χ2n) is 14.0. The number of carbonyl (C=O) groups is 1. The molecule has 5 fully saturated rings. The topological polar surface area (TPSA) is 186 Å². The van der Waals surface area contributed by atoms with Gasteiger partial charge in [-0.15, -0.1) is 0 Å². The molecule has 0 radical (unpaired) electrons. The third-order valence-electron chi connectivity index (χ3n) is 12.5. The van der Waals surface area contributed by atoms with Gasteiger partial charge in [0, 0.05) is 35.7 Å². The van der Waals surface area contributed by atoms with Crippen LogP contribution in [-0.4, -0.2) is 109 Å². The summed E-state index contributed by atoms with van der Waals surface area (Å²) in [6.45, 7) is 5.66. The van der Waals surface area contributed by atoms with Gasteiger partial charge >= 0.3 is 5.97 Å². The summed E-state index contributed by atoms with van der Waals surface area (Å²) in [5.41, 5.74) is -3.53. The number of ether oxygens (including phenoxy) is 3. The highest BCUT2D eigenvalue weighted by atomic mass is 16.7. The molecule has 1 saturated heterocycles. The first-order valence-electron chi connectivity index (χ1n) is 15.3. The second kappa shape index (κ2) is 9.93. The lowest BCUT2D eigenvalue weighted by Crippen LogP contribution is -2.74. The van der Waals surface area contributed by atoms with Crippen LogP contribution in [0.15, 0.2) is 11.6 Å². The Morgan fingerprint density at radius 1 is 1.02 bits per heavy atom. The van der Waals surface area contributed by atoms with Crippen LogP contribution in [0, 0.1) is 28.6 Å². The van der Waals surface area contributed by atoms with Gasteiger partial charge in [0.2, 0.25) is 0 Å². The van der Waals surface area contributed by atoms with E-state index in [-0.39, 0.29) is 50.1 Å². The average Bonchev–Trinajstić information content (AvgIpc) is 3.45. The first-order valence-corrected chi connectivity index (χ1v) is 15.3. The van der Waals surface area contributed by atoms with Crippen molar-refractivity contribution < 1.29 is 54.8 Å². The van der Waals surface area contributed by atoms with Crippen molar-refractivity contribution in [1.82, 2.24) is 0 Å². The zero-order valence-electron chi connectivity index (χ0n) is 24.1. The summed E-state index contributed by atoms with van der Waals surface area (Å²) < 4.78 is 16.8. The normalized spacial score (nSPS) is 56.9. The molecule has 0 aromatic heterocycles. The van der Waals surface area contributed by atoms with Gasteiger partial charge in [-0.1, -0.05) is 13.8 Å². The van der Waals surface area contributed by atoms with E-state index in [1.54, 1.807) is 6.92 Å². The van der Waals surface area contributed by atoms with Gasteiger partial charge in [0.25, 0.3) is 0 Å². The standard InChI is InChI=1S/C30H46O11/c1-4-29-20(32)10-16(41-26-25(36)24(35)23(34)14(2)40-26)11-28(29,37)7-5-18-22(29)19(31)12-27(3)17(6-8-30(18,27)38)15-9-21(33)39-13-15/h9,14,16-20,22-26,31-32,34-38H,4-8,10-13H2,1-3H3/t14-,16-,17+,18?,19+,20+,22?,23-,24+,25+,26-,27+,28-,29+,30-/m0/s1. The van der Waals surface area contributed by atoms with Gasteiger partial charge in [0.15, 0.2) is 6.29 Å². The first kappa shape index (κ1) is 29.9. The van der Waals surface area contributed by atoms with E-state index in [1.165, 1.54) is 6.08 Å². The quantitative estimate of drug-likeness (QED) is 0.173. The van der Waals surface area contributed by atoms with Crippen LogP contribution in [0.3, 0.4) is 0 Å². The Morgan fingerprint density at radius 2 is 1.76 bits per heavy atom. The highest BCUT2D eigenvalue weighted by Crippen LogP contribution is 2.71. The van der Waals surface area contributed by atoms with Crippen LogP contribution in [0.25, 0.3) is 0 Å². The van der Waals surface area contributed by atoms with Crippen LogP contribution in [-0.2, 0) is 19.0 Å². The van der Waals surface area contributed by atoms with Gasteiger partial charge in [-0.2, -0.15) is 0 Å². The largest absolute Gasteiger partial charge is 0.458 e. The molecule has 0 amide bonds. The zero-order chi connectivity index (χ0) is 29.7. The van der Waals surface area contributed by atoms with Gasteiger partial charge < -0.3 is 50.0 Å². The molecule has 0 aromatic rings. The van der Waals surface area contributed by atoms with E-state index in [2.05, 4.69) is 0 Å². The van der Waals surface area contributed by atoms with Crippen molar-refractivity contribution in [2.24, 2.45) is 28.6 Å². The summed E-state index contributed by atoms with van der Waals surface area (Å²) in [6, 6.07) is 0. The number of hydrogen-bond acceptors (Lipinski definition) is 11. The molecule has 41 heavy (non-hydrogen) atoms. The maximum absolute atomic E-state index is 12.5. The van der Waals surface area contributed by atoms with E-state index in [0.29, 0.717) is 25.7 Å². The molecule has 2 aliphatic heterocycles. The Labute approximate surface area is 240 Å². The first-order chi connectivity index (χ1) is 19.2. The highest BCUT2D eigenvalue weighted by Gasteiger charge is 2.75. The zero-order valence-corrected chi connectivity index (χ0v) is 24.1. The lowest BCUT2D eigenvalue weighted by molar-refractivity contribution is -0.338. The molecule has 0 bridgehead atoms. The number of aliphatic hydroxyl groups excluding tert-OH is 5. The van der Waals surface area contributed by atoms with E-state index in [0.717, 1.165) is 5.57 Å². The van der Waals surface area contributed by atoms with Gasteiger partial charge in [0.05, 0.1) is 35.6 Å². The lowest BCUT2D eigenvalue weighted by Gasteiger charge is -2.69. The number of rotatable bonds is 4. The van der Waals surface area contributed by atoms with Crippen molar-refractivity contribution in [3.05, 3.63) is 11.6 Å². The van der Waals surface area contributed by atoms with Crippen LogP contribution in [0.5, 0.6) is 0 Å². The fourth-order valence-corrected chi connectivity index (χ4v) is 10.5. The van der Waals surface area contributed by atoms with Crippen molar-refractivity contribution >= 4 is 5.97 Å². The molecule has 11 heteroatoms. The van der Waals surface area contributed by atoms with Crippen LogP contribution >= 0.6 is 0 Å². The molecule has 4 aliphatic carbocycles. The number of hydrogen-bond donors (Lipinski definition) is 7. The van der Waals surface area contributed by atoms with Crippen molar-refractivity contribution in [1.29, 1.82) is 0 Å². The summed E-state index contributed by atoms with van der Waals surface area (Å²) in [7, 11) is 0. The fourth-order valence-electron chi connectivity index (χ4n) is 10.5. The molecule has 6 aliphatic rings. The minimum Gasteiger partial charge on any atom is -0.458 e. The van der Waals surface area contributed by atoms with Crippen LogP contribution in [0.4, 0.5) is 0 Å². The van der Waals surface area contributed by atoms with E-state index in [1.807, 2.05) is 13.8 Å². The fraction of sp³-hybridized carbons (Fsp3) is 0.900. The molecule has 2 heterocycles. The third-order valence-corrected chi connectivity index (χ3v) is 12.5. The number of carbonyl (C=O) groups excluding carboxylic acids is 1. The van der Waals surface area contributed by atoms with E-state index in [9.17, 15) is 40.5 Å². The van der Waals surface area contributed by atoms with E-state index in [4.69, 9.17) is 14.2 Å². The van der Waals surface area contributed by atoms with Crippen LogP contribution in [0.1, 0.15) is 72.1 Å². The van der Waals surface area contributed by atoms with Crippen LogP contribution in [0.2, 0.25) is 0 Å². The maximum Gasteiger partial charge on any atom is 0.331 e. The monoisotopic (exact) mass is 582 g/mol. The molecule has 15 atom stereocenters. The van der Waals surface area contributed by atoms with Crippen molar-refractivity contribution in [2.45, 2.75) is 132 Å². The maximum atomic E-state index is 12.5. The van der Waals surface area contributed by atoms with E-state index < -0.39 is 77.0 Å². The van der Waals surface area contributed by atoms with Crippen molar-refractivity contribution in [2.75, 3.05) is 6.61 Å². The predicted octanol–water partition coefficient (Wildman–Crippen LogP) is -0.0973. The van der Waals surface area contributed by atoms with Crippen LogP contribution < -0.4 is 0 Å². The molecule has 7 N–H and O–H groups in total.